The highest BCUT2D eigenvalue weighted by molar-refractivity contribution is 6.03. The van der Waals surface area contributed by atoms with E-state index < -0.39 is 12.1 Å². The molecule has 2 aliphatic heterocycles. The topological polar surface area (TPSA) is 148 Å². The predicted octanol–water partition coefficient (Wildman–Crippen LogP) is 5.59. The van der Waals surface area contributed by atoms with Crippen LogP contribution in [0.15, 0.2) is 40.9 Å². The number of aromatic nitrogens is 1. The van der Waals surface area contributed by atoms with Gasteiger partial charge in [0.05, 0.1) is 30.4 Å². The summed E-state index contributed by atoms with van der Waals surface area (Å²) in [6.07, 6.45) is 2.19. The van der Waals surface area contributed by atoms with Crippen molar-refractivity contribution in [2.24, 2.45) is 5.92 Å². The fraction of sp³-hybridized carbons (Fsp3) is 0.528. The van der Waals surface area contributed by atoms with E-state index in [2.05, 4.69) is 34.7 Å². The van der Waals surface area contributed by atoms with Gasteiger partial charge in [-0.05, 0) is 89.9 Å². The maximum Gasteiger partial charge on any atom is 0.323 e. The van der Waals surface area contributed by atoms with Gasteiger partial charge in [0, 0.05) is 37.8 Å². The van der Waals surface area contributed by atoms with Crippen molar-refractivity contribution in [1.82, 2.24) is 15.0 Å². The maximum absolute atomic E-state index is 14.4. The summed E-state index contributed by atoms with van der Waals surface area (Å²) < 4.78 is 29.0. The summed E-state index contributed by atoms with van der Waals surface area (Å²) in [7, 11) is 2.05. The summed E-state index contributed by atoms with van der Waals surface area (Å²) in [5.74, 6) is 2.02. The molecule has 3 amide bonds. The number of nitrogens with one attached hydrogen (secondary N) is 2. The number of nitrogens with zero attached hydrogens (tertiary/aromatic N) is 3. The zero-order valence-electron chi connectivity index (χ0n) is 29.3. The molecule has 3 N–H and O–H groups in total. The van der Waals surface area contributed by atoms with E-state index in [-0.39, 0.29) is 37.4 Å². The van der Waals surface area contributed by atoms with Gasteiger partial charge in [-0.1, -0.05) is 18.1 Å². The van der Waals surface area contributed by atoms with E-state index >= 15 is 0 Å². The van der Waals surface area contributed by atoms with E-state index in [4.69, 9.17) is 23.5 Å². The number of aliphatic hydroxyl groups excluding tert-OH is 1. The normalized spacial score (nSPS) is 20.7. The average Bonchev–Trinajstić information content (AvgIpc) is 3.67. The zero-order chi connectivity index (χ0) is 35.1. The van der Waals surface area contributed by atoms with E-state index in [9.17, 15) is 14.7 Å². The molecule has 266 valence electrons. The number of fused-ring (bicyclic) bond motifs is 2. The molecule has 0 spiro atoms. The number of aliphatic hydroxyl groups is 1. The molecule has 3 aromatic rings. The lowest BCUT2D eigenvalue weighted by Gasteiger charge is -2.36. The van der Waals surface area contributed by atoms with E-state index in [1.165, 1.54) is 0 Å². The standard InChI is InChI=1S/C36H49N5O8/c1-22-17-41(23(2)20-42)35(43)29-16-28(37-36(44)38-34-25(4)39-49-26(34)5)11-13-30(29)48-24(3)9-7-8-14-45-33(22)19-40(6)18-27-10-12-31-32(15-27)47-21-46-31/h10-13,15-16,22-24,33,42H,7-9,14,17-21H2,1-6H3,(H2,37,38,44)/t22-,23-,24-,33-/m1/s1. The molecule has 0 fully saturated rings. The monoisotopic (exact) mass is 679 g/mol. The second-order valence-corrected chi connectivity index (χ2v) is 13.2. The number of aryl methyl sites for hydroxylation is 2. The zero-order valence-corrected chi connectivity index (χ0v) is 29.3. The summed E-state index contributed by atoms with van der Waals surface area (Å²) in [5.41, 5.74) is 2.84. The number of urea groups is 1. The summed E-state index contributed by atoms with van der Waals surface area (Å²) >= 11 is 0. The number of likely N-dealkylation sites (N-methyl/N-ethyl adjacent to an activating group) is 1. The van der Waals surface area contributed by atoms with Gasteiger partial charge in [0.1, 0.15) is 17.1 Å². The van der Waals surface area contributed by atoms with E-state index in [0.717, 1.165) is 36.3 Å². The van der Waals surface area contributed by atoms with Crippen LogP contribution >= 0.6 is 0 Å². The third kappa shape index (κ3) is 9.22. The highest BCUT2D eigenvalue weighted by Crippen LogP contribution is 2.33. The molecule has 49 heavy (non-hydrogen) atoms. The van der Waals surface area contributed by atoms with Crippen LogP contribution in [0.2, 0.25) is 0 Å². The smallest absolute Gasteiger partial charge is 0.323 e. The summed E-state index contributed by atoms with van der Waals surface area (Å²) in [4.78, 5) is 31.2. The molecule has 13 heteroatoms. The van der Waals surface area contributed by atoms with Crippen molar-refractivity contribution in [3.05, 3.63) is 59.0 Å². The molecule has 1 aromatic heterocycles. The minimum atomic E-state index is -0.504. The van der Waals surface area contributed by atoms with E-state index in [1.54, 1.807) is 36.9 Å². The first-order valence-electron chi connectivity index (χ1n) is 16.9. The highest BCUT2D eigenvalue weighted by atomic mass is 16.7. The lowest BCUT2D eigenvalue weighted by atomic mass is 10.0. The number of carbonyl (C=O) groups is 2. The van der Waals surface area contributed by atoms with E-state index in [1.807, 2.05) is 32.0 Å². The van der Waals surface area contributed by atoms with Gasteiger partial charge in [-0.15, -0.1) is 0 Å². The van der Waals surface area contributed by atoms with Gasteiger partial charge in [0.15, 0.2) is 17.3 Å². The largest absolute Gasteiger partial charge is 0.490 e. The van der Waals surface area contributed by atoms with Crippen LogP contribution in [-0.4, -0.2) is 90.4 Å². The van der Waals surface area contributed by atoms with Gasteiger partial charge in [-0.2, -0.15) is 0 Å². The maximum atomic E-state index is 14.4. The molecular weight excluding hydrogens is 630 g/mol. The second kappa shape index (κ2) is 16.4. The van der Waals surface area contributed by atoms with Crippen LogP contribution in [0.5, 0.6) is 17.2 Å². The van der Waals surface area contributed by atoms with Crippen molar-refractivity contribution >= 4 is 23.3 Å². The van der Waals surface area contributed by atoms with Crippen LogP contribution in [-0.2, 0) is 11.3 Å². The Bertz CT molecular complexity index is 1580. The highest BCUT2D eigenvalue weighted by Gasteiger charge is 2.30. The first-order valence-corrected chi connectivity index (χ1v) is 16.9. The Balaban J connectivity index is 1.37. The van der Waals surface area contributed by atoms with Crippen molar-refractivity contribution in [2.75, 3.05) is 50.8 Å². The van der Waals surface area contributed by atoms with Crippen LogP contribution in [0.25, 0.3) is 0 Å². The molecule has 0 radical (unpaired) electrons. The van der Waals surface area contributed by atoms with Gasteiger partial charge in [-0.3, -0.25) is 9.69 Å². The van der Waals surface area contributed by atoms with Crippen LogP contribution in [0.4, 0.5) is 16.2 Å². The van der Waals surface area contributed by atoms with Crippen LogP contribution < -0.4 is 24.8 Å². The lowest BCUT2D eigenvalue weighted by molar-refractivity contribution is -0.0177. The van der Waals surface area contributed by atoms with E-state index in [0.29, 0.717) is 60.4 Å². The van der Waals surface area contributed by atoms with Crippen molar-refractivity contribution in [2.45, 2.75) is 78.7 Å². The SMILES string of the molecule is Cc1noc(C)c1NC(=O)Nc1ccc2c(c1)C(=O)N([C@H](C)CO)C[C@@H](C)[C@@H](CN(C)Cc1ccc3c(c1)OCO3)OCCCC[C@@H](C)O2. The number of hydrogen-bond acceptors (Lipinski definition) is 10. The summed E-state index contributed by atoms with van der Waals surface area (Å²) in [6.45, 7) is 11.6. The van der Waals surface area contributed by atoms with Gasteiger partial charge in [-0.25, -0.2) is 4.79 Å². The van der Waals surface area contributed by atoms with Crippen molar-refractivity contribution < 1.29 is 38.2 Å². The fourth-order valence-electron chi connectivity index (χ4n) is 6.12. The minimum absolute atomic E-state index is 0.0782. The minimum Gasteiger partial charge on any atom is -0.490 e. The molecule has 0 saturated carbocycles. The number of carbonyl (C=O) groups excluding carboxylic acids is 2. The third-order valence-electron chi connectivity index (χ3n) is 8.96. The molecule has 3 heterocycles. The van der Waals surface area contributed by atoms with Gasteiger partial charge >= 0.3 is 6.03 Å². The number of hydrogen-bond donors (Lipinski definition) is 3. The molecule has 4 atom stereocenters. The van der Waals surface area contributed by atoms with Crippen molar-refractivity contribution in [3.8, 4) is 17.2 Å². The Morgan fingerprint density at radius 3 is 2.61 bits per heavy atom. The first-order chi connectivity index (χ1) is 23.5. The number of ether oxygens (including phenoxy) is 4. The molecule has 5 rings (SSSR count). The second-order valence-electron chi connectivity index (χ2n) is 13.2. The molecule has 0 unspecified atom stereocenters. The molecule has 0 aliphatic carbocycles. The van der Waals surface area contributed by atoms with Crippen LogP contribution in [0, 0.1) is 19.8 Å². The Kier molecular flexibility index (Phi) is 12.0. The van der Waals surface area contributed by atoms with Crippen molar-refractivity contribution in [1.29, 1.82) is 0 Å². The van der Waals surface area contributed by atoms with Gasteiger partial charge in [0.2, 0.25) is 6.79 Å². The Morgan fingerprint density at radius 1 is 1.08 bits per heavy atom. The molecular formula is C36H49N5O8. The Hall–Kier alpha value is -4.33. The van der Waals surface area contributed by atoms with Gasteiger partial charge in [0.25, 0.3) is 5.91 Å². The third-order valence-corrected chi connectivity index (χ3v) is 8.96. The van der Waals surface area contributed by atoms with Gasteiger partial charge < -0.3 is 44.1 Å². The average molecular weight is 680 g/mol. The number of amides is 3. The predicted molar refractivity (Wildman–Crippen MR) is 184 cm³/mol. The lowest BCUT2D eigenvalue weighted by Crippen LogP contribution is -2.47. The molecule has 13 nitrogen and oxygen atoms in total. The van der Waals surface area contributed by atoms with Crippen molar-refractivity contribution in [3.63, 3.8) is 0 Å². The summed E-state index contributed by atoms with van der Waals surface area (Å²) in [5, 5.41) is 19.7. The van der Waals surface area contributed by atoms with Crippen LogP contribution in [0.1, 0.15) is 67.4 Å². The summed E-state index contributed by atoms with van der Waals surface area (Å²) in [6, 6.07) is 10.0. The van der Waals surface area contributed by atoms with Crippen LogP contribution in [0.3, 0.4) is 0 Å². The quantitative estimate of drug-likeness (QED) is 0.275. The molecule has 2 aliphatic rings. The molecule has 2 aromatic carbocycles. The Labute approximate surface area is 287 Å². The number of benzene rings is 2. The molecule has 0 saturated heterocycles. The first kappa shape index (κ1) is 36.0. The number of rotatable bonds is 8. The fourth-order valence-corrected chi connectivity index (χ4v) is 6.12. The Morgan fingerprint density at radius 2 is 1.86 bits per heavy atom. The molecule has 0 bridgehead atoms. The number of anilines is 2.